The van der Waals surface area contributed by atoms with Crippen LogP contribution in [-0.4, -0.2) is 25.2 Å². The van der Waals surface area contributed by atoms with E-state index in [9.17, 15) is 9.59 Å². The van der Waals surface area contributed by atoms with Crippen LogP contribution in [0, 0.1) is 6.92 Å². The van der Waals surface area contributed by atoms with Crippen molar-refractivity contribution < 1.29 is 19.1 Å². The van der Waals surface area contributed by atoms with Crippen LogP contribution in [0.4, 0.5) is 0 Å². The zero-order valence-electron chi connectivity index (χ0n) is 16.8. The summed E-state index contributed by atoms with van der Waals surface area (Å²) in [7, 11) is 1.49. The summed E-state index contributed by atoms with van der Waals surface area (Å²) in [5.74, 6) is -0.000632. The highest BCUT2D eigenvalue weighted by Gasteiger charge is 2.12. The van der Waals surface area contributed by atoms with Gasteiger partial charge < -0.3 is 9.47 Å². The van der Waals surface area contributed by atoms with Crippen LogP contribution in [0.15, 0.2) is 77.9 Å². The molecule has 0 aliphatic heterocycles. The molecule has 0 aliphatic rings. The lowest BCUT2D eigenvalue weighted by atomic mass is 10.1. The van der Waals surface area contributed by atoms with E-state index in [0.717, 1.165) is 11.1 Å². The van der Waals surface area contributed by atoms with Gasteiger partial charge in [0.15, 0.2) is 11.5 Å². The number of carbonyl (C=O) groups excluding carboxylic acids is 2. The molecule has 6 nitrogen and oxygen atoms in total. The molecule has 3 rings (SSSR count). The van der Waals surface area contributed by atoms with Crippen molar-refractivity contribution in [1.82, 2.24) is 5.43 Å². The number of ether oxygens (including phenoxy) is 2. The molecule has 0 heterocycles. The van der Waals surface area contributed by atoms with E-state index < -0.39 is 5.97 Å². The zero-order valence-corrected chi connectivity index (χ0v) is 16.8. The average Bonchev–Trinajstić information content (AvgIpc) is 2.75. The first-order chi connectivity index (χ1) is 14.5. The number of methoxy groups -OCH3 is 1. The van der Waals surface area contributed by atoms with E-state index in [1.807, 2.05) is 49.4 Å². The first kappa shape index (κ1) is 20.8. The van der Waals surface area contributed by atoms with E-state index in [4.69, 9.17) is 9.47 Å². The fraction of sp³-hybridized carbons (Fsp3) is 0.125. The zero-order chi connectivity index (χ0) is 21.3. The van der Waals surface area contributed by atoms with Crippen LogP contribution in [0.2, 0.25) is 0 Å². The van der Waals surface area contributed by atoms with E-state index in [0.29, 0.717) is 22.6 Å². The molecule has 3 aromatic carbocycles. The Balaban J connectivity index is 1.62. The number of nitrogens with one attached hydrogen (secondary N) is 1. The van der Waals surface area contributed by atoms with Gasteiger partial charge in [-0.25, -0.2) is 10.2 Å². The van der Waals surface area contributed by atoms with E-state index >= 15 is 0 Å². The summed E-state index contributed by atoms with van der Waals surface area (Å²) in [6, 6.07) is 21.5. The first-order valence-corrected chi connectivity index (χ1v) is 9.38. The number of benzene rings is 3. The van der Waals surface area contributed by atoms with E-state index in [-0.39, 0.29) is 12.3 Å². The van der Waals surface area contributed by atoms with Crippen molar-refractivity contribution in [2.24, 2.45) is 5.10 Å². The number of rotatable bonds is 7. The van der Waals surface area contributed by atoms with Crippen LogP contribution in [-0.2, 0) is 11.2 Å². The van der Waals surface area contributed by atoms with Crippen molar-refractivity contribution in [2.75, 3.05) is 7.11 Å². The smallest absolute Gasteiger partial charge is 0.343 e. The molecular weight excluding hydrogens is 380 g/mol. The topological polar surface area (TPSA) is 77.0 Å². The predicted molar refractivity (Wildman–Crippen MR) is 115 cm³/mol. The third-order valence-electron chi connectivity index (χ3n) is 4.29. The quantitative estimate of drug-likeness (QED) is 0.281. The van der Waals surface area contributed by atoms with Crippen molar-refractivity contribution in [2.45, 2.75) is 13.3 Å². The van der Waals surface area contributed by atoms with Crippen LogP contribution in [0.3, 0.4) is 0 Å². The van der Waals surface area contributed by atoms with Gasteiger partial charge in [-0.2, -0.15) is 5.10 Å². The molecule has 0 aliphatic carbocycles. The normalized spacial score (nSPS) is 10.6. The third-order valence-corrected chi connectivity index (χ3v) is 4.29. The van der Waals surface area contributed by atoms with Gasteiger partial charge in [0.1, 0.15) is 0 Å². The molecule has 0 bridgehead atoms. The molecule has 0 fully saturated rings. The van der Waals surface area contributed by atoms with Crippen molar-refractivity contribution >= 4 is 18.1 Å². The third kappa shape index (κ3) is 5.78. The SMILES string of the molecule is COc1cc(/C=N/NC(=O)Cc2ccccc2)ccc1OC(=O)c1ccc(C)cc1. The summed E-state index contributed by atoms with van der Waals surface area (Å²) in [6.07, 6.45) is 1.74. The number of carbonyl (C=O) groups is 2. The van der Waals surface area contributed by atoms with Gasteiger partial charge in [0, 0.05) is 0 Å². The molecule has 0 saturated heterocycles. The summed E-state index contributed by atoms with van der Waals surface area (Å²) in [6.45, 7) is 1.95. The molecule has 0 spiro atoms. The molecule has 1 N–H and O–H groups in total. The lowest BCUT2D eigenvalue weighted by molar-refractivity contribution is -0.120. The van der Waals surface area contributed by atoms with E-state index in [2.05, 4.69) is 10.5 Å². The molecule has 0 saturated carbocycles. The predicted octanol–water partition coefficient (Wildman–Crippen LogP) is 3.92. The van der Waals surface area contributed by atoms with Gasteiger partial charge in [0.25, 0.3) is 0 Å². The Morgan fingerprint density at radius 1 is 0.967 bits per heavy atom. The largest absolute Gasteiger partial charge is 0.493 e. The molecular formula is C24H22N2O4. The second kappa shape index (κ2) is 10.0. The minimum absolute atomic E-state index is 0.215. The summed E-state index contributed by atoms with van der Waals surface area (Å²) in [5, 5.41) is 3.97. The summed E-state index contributed by atoms with van der Waals surface area (Å²) >= 11 is 0. The molecule has 0 atom stereocenters. The molecule has 3 aromatic rings. The minimum atomic E-state index is -0.470. The average molecular weight is 402 g/mol. The fourth-order valence-electron chi connectivity index (χ4n) is 2.70. The Morgan fingerprint density at radius 3 is 2.40 bits per heavy atom. The van der Waals surface area contributed by atoms with Crippen LogP contribution in [0.5, 0.6) is 11.5 Å². The first-order valence-electron chi connectivity index (χ1n) is 9.38. The van der Waals surface area contributed by atoms with Crippen molar-refractivity contribution in [3.8, 4) is 11.5 Å². The monoisotopic (exact) mass is 402 g/mol. The van der Waals surface area contributed by atoms with Gasteiger partial charge in [-0.05, 0) is 48.4 Å². The number of hydrazone groups is 1. The fourth-order valence-corrected chi connectivity index (χ4v) is 2.70. The summed E-state index contributed by atoms with van der Waals surface area (Å²) in [4.78, 5) is 24.3. The Kier molecular flexibility index (Phi) is 6.95. The van der Waals surface area contributed by atoms with Crippen molar-refractivity contribution in [1.29, 1.82) is 0 Å². The Labute approximate surface area is 175 Å². The van der Waals surface area contributed by atoms with Crippen LogP contribution >= 0.6 is 0 Å². The van der Waals surface area contributed by atoms with Crippen molar-refractivity contribution in [3.05, 3.63) is 95.1 Å². The highest BCUT2D eigenvalue weighted by molar-refractivity contribution is 5.91. The number of esters is 1. The van der Waals surface area contributed by atoms with Gasteiger partial charge in [-0.3, -0.25) is 4.79 Å². The van der Waals surface area contributed by atoms with E-state index in [1.165, 1.54) is 13.3 Å². The lowest BCUT2D eigenvalue weighted by Crippen LogP contribution is -2.19. The molecule has 0 unspecified atom stereocenters. The molecule has 0 radical (unpaired) electrons. The van der Waals surface area contributed by atoms with E-state index in [1.54, 1.807) is 30.3 Å². The van der Waals surface area contributed by atoms with Gasteiger partial charge >= 0.3 is 5.97 Å². The Morgan fingerprint density at radius 2 is 1.70 bits per heavy atom. The summed E-state index contributed by atoms with van der Waals surface area (Å²) in [5.41, 5.74) is 5.60. The van der Waals surface area contributed by atoms with Gasteiger partial charge in [0.2, 0.25) is 5.91 Å². The van der Waals surface area contributed by atoms with Crippen LogP contribution < -0.4 is 14.9 Å². The number of hydrogen-bond donors (Lipinski definition) is 1. The maximum atomic E-state index is 12.3. The number of hydrogen-bond acceptors (Lipinski definition) is 5. The van der Waals surface area contributed by atoms with Crippen molar-refractivity contribution in [3.63, 3.8) is 0 Å². The Hall–Kier alpha value is -3.93. The maximum Gasteiger partial charge on any atom is 0.343 e. The number of aryl methyl sites for hydroxylation is 1. The Bertz CT molecular complexity index is 1040. The number of nitrogens with zero attached hydrogens (tertiary/aromatic N) is 1. The molecule has 0 aromatic heterocycles. The van der Waals surface area contributed by atoms with Crippen LogP contribution in [0.1, 0.15) is 27.0 Å². The highest BCUT2D eigenvalue weighted by atomic mass is 16.6. The summed E-state index contributed by atoms with van der Waals surface area (Å²) < 4.78 is 10.8. The highest BCUT2D eigenvalue weighted by Crippen LogP contribution is 2.28. The molecule has 30 heavy (non-hydrogen) atoms. The lowest BCUT2D eigenvalue weighted by Gasteiger charge is -2.10. The minimum Gasteiger partial charge on any atom is -0.493 e. The van der Waals surface area contributed by atoms with Crippen LogP contribution in [0.25, 0.3) is 0 Å². The molecule has 6 heteroatoms. The second-order valence-electron chi connectivity index (χ2n) is 6.62. The van der Waals surface area contributed by atoms with Gasteiger partial charge in [-0.15, -0.1) is 0 Å². The number of amides is 1. The second-order valence-corrected chi connectivity index (χ2v) is 6.62. The maximum absolute atomic E-state index is 12.3. The standard InChI is InChI=1S/C24H22N2O4/c1-17-8-11-20(12-9-17)24(28)30-21-13-10-19(14-22(21)29-2)16-25-26-23(27)15-18-6-4-3-5-7-18/h3-14,16H,15H2,1-2H3,(H,26,27)/b25-16+. The van der Waals surface area contributed by atoms with Gasteiger partial charge in [-0.1, -0.05) is 48.0 Å². The van der Waals surface area contributed by atoms with Gasteiger partial charge in [0.05, 0.1) is 25.3 Å². The molecule has 1 amide bonds. The molecule has 152 valence electrons.